The number of hydrogen-bond acceptors (Lipinski definition) is 3. The molecule has 0 bridgehead atoms. The number of carboxylic acids is 1. The van der Waals surface area contributed by atoms with Crippen LogP contribution in [0.5, 0.6) is 0 Å². The fraction of sp³-hybridized carbons (Fsp3) is 0.833. The van der Waals surface area contributed by atoms with Gasteiger partial charge in [-0.1, -0.05) is 0 Å². The monoisotopic (exact) mass is 147 g/mol. The minimum absolute atomic E-state index is 0.326. The van der Waals surface area contributed by atoms with Crippen molar-refractivity contribution in [1.29, 1.82) is 0 Å². The first-order chi connectivity index (χ1) is 4.54. The lowest BCUT2D eigenvalue weighted by molar-refractivity contribution is -0.138. The highest BCUT2D eigenvalue weighted by Gasteiger charge is 2.11. The quantitative estimate of drug-likeness (QED) is 0.503. The molecule has 10 heavy (non-hydrogen) atoms. The minimum Gasteiger partial charge on any atom is -0.480 e. The van der Waals surface area contributed by atoms with E-state index in [-0.39, 0.29) is 0 Å². The predicted octanol–water partition coefficient (Wildman–Crippen LogP) is -0.441. The molecule has 0 unspecified atom stereocenters. The van der Waals surface area contributed by atoms with Crippen molar-refractivity contribution in [2.45, 2.75) is 31.9 Å². The van der Waals surface area contributed by atoms with Gasteiger partial charge in [0, 0.05) is 0 Å². The summed E-state index contributed by atoms with van der Waals surface area (Å²) in [6, 6.07) is -0.838. The summed E-state index contributed by atoms with van der Waals surface area (Å²) in [7, 11) is 0. The summed E-state index contributed by atoms with van der Waals surface area (Å²) >= 11 is 0. The third-order valence-electron chi connectivity index (χ3n) is 1.21. The van der Waals surface area contributed by atoms with E-state index in [1.807, 2.05) is 0 Å². The Bertz CT molecular complexity index is 114. The maximum Gasteiger partial charge on any atom is 0.320 e. The van der Waals surface area contributed by atoms with E-state index < -0.39 is 18.1 Å². The predicted molar refractivity (Wildman–Crippen MR) is 36.5 cm³/mol. The molecule has 0 saturated heterocycles. The van der Waals surface area contributed by atoms with Crippen molar-refractivity contribution in [3.63, 3.8) is 0 Å². The second-order valence-electron chi connectivity index (χ2n) is 2.37. The molecule has 0 heterocycles. The fourth-order valence-electron chi connectivity index (χ4n) is 0.544. The molecule has 0 aromatic rings. The van der Waals surface area contributed by atoms with Crippen molar-refractivity contribution < 1.29 is 15.0 Å². The van der Waals surface area contributed by atoms with Crippen LogP contribution in [0.2, 0.25) is 0 Å². The lowest BCUT2D eigenvalue weighted by atomic mass is 10.1. The van der Waals surface area contributed by atoms with E-state index >= 15 is 0 Å². The summed E-state index contributed by atoms with van der Waals surface area (Å²) in [5, 5.41) is 17.0. The van der Waals surface area contributed by atoms with Gasteiger partial charge in [0.05, 0.1) is 6.10 Å². The zero-order valence-corrected chi connectivity index (χ0v) is 5.95. The van der Waals surface area contributed by atoms with Gasteiger partial charge in [-0.15, -0.1) is 0 Å². The Kier molecular flexibility index (Phi) is 3.99. The molecule has 0 amide bonds. The number of hydrogen-bond donors (Lipinski definition) is 3. The Morgan fingerprint density at radius 3 is 2.40 bits per heavy atom. The van der Waals surface area contributed by atoms with Gasteiger partial charge in [0.2, 0.25) is 0 Å². The van der Waals surface area contributed by atoms with Gasteiger partial charge in [-0.05, 0) is 19.8 Å². The van der Waals surface area contributed by atoms with E-state index in [2.05, 4.69) is 0 Å². The summed E-state index contributed by atoms with van der Waals surface area (Å²) in [4.78, 5) is 10.1. The van der Waals surface area contributed by atoms with Crippen molar-refractivity contribution >= 4 is 5.97 Å². The first kappa shape index (κ1) is 9.39. The van der Waals surface area contributed by atoms with E-state index in [0.29, 0.717) is 12.8 Å². The van der Waals surface area contributed by atoms with Crippen LogP contribution in [0.1, 0.15) is 19.8 Å². The topological polar surface area (TPSA) is 83.5 Å². The van der Waals surface area contributed by atoms with Gasteiger partial charge in [0.1, 0.15) is 6.04 Å². The Labute approximate surface area is 59.7 Å². The van der Waals surface area contributed by atoms with Crippen LogP contribution in [0.3, 0.4) is 0 Å². The highest BCUT2D eigenvalue weighted by atomic mass is 16.4. The number of aliphatic hydroxyl groups is 1. The van der Waals surface area contributed by atoms with E-state index in [9.17, 15) is 4.79 Å². The van der Waals surface area contributed by atoms with Crippen molar-refractivity contribution in [2.24, 2.45) is 5.73 Å². The van der Waals surface area contributed by atoms with E-state index in [0.717, 1.165) is 0 Å². The van der Waals surface area contributed by atoms with Gasteiger partial charge in [-0.2, -0.15) is 0 Å². The normalized spacial score (nSPS) is 16.3. The maximum atomic E-state index is 10.1. The van der Waals surface area contributed by atoms with Gasteiger partial charge < -0.3 is 15.9 Å². The number of carboxylic acid groups (broad SMARTS) is 1. The Morgan fingerprint density at radius 1 is 1.60 bits per heavy atom. The van der Waals surface area contributed by atoms with E-state index in [1.165, 1.54) is 0 Å². The molecule has 2 atom stereocenters. The summed E-state index contributed by atoms with van der Waals surface area (Å²) in [5.41, 5.74) is 5.15. The molecule has 4 N–H and O–H groups in total. The lowest BCUT2D eigenvalue weighted by Gasteiger charge is -2.06. The number of nitrogens with two attached hydrogens (primary N) is 1. The van der Waals surface area contributed by atoms with Crippen molar-refractivity contribution in [3.05, 3.63) is 0 Å². The average Bonchev–Trinajstić information content (AvgIpc) is 1.82. The van der Waals surface area contributed by atoms with E-state index in [4.69, 9.17) is 15.9 Å². The molecule has 0 aliphatic carbocycles. The number of aliphatic carboxylic acids is 1. The largest absolute Gasteiger partial charge is 0.480 e. The van der Waals surface area contributed by atoms with Gasteiger partial charge in [-0.3, -0.25) is 4.79 Å². The van der Waals surface area contributed by atoms with Gasteiger partial charge in [0.15, 0.2) is 0 Å². The SMILES string of the molecule is C[C@@H](O)CC[C@H](N)C(=O)O. The second kappa shape index (κ2) is 4.24. The Hall–Kier alpha value is -0.610. The third-order valence-corrected chi connectivity index (χ3v) is 1.21. The van der Waals surface area contributed by atoms with Crippen LogP contribution in [0.25, 0.3) is 0 Å². The molecular weight excluding hydrogens is 134 g/mol. The molecular formula is C6H13NO3. The van der Waals surface area contributed by atoms with E-state index in [1.54, 1.807) is 6.92 Å². The van der Waals surface area contributed by atoms with Gasteiger partial charge in [-0.25, -0.2) is 0 Å². The van der Waals surface area contributed by atoms with Crippen molar-refractivity contribution in [2.75, 3.05) is 0 Å². The first-order valence-corrected chi connectivity index (χ1v) is 3.20. The molecule has 0 aromatic heterocycles. The summed E-state index contributed by atoms with van der Waals surface area (Å²) in [6.45, 7) is 1.61. The molecule has 0 fully saturated rings. The standard InChI is InChI=1S/C6H13NO3/c1-4(8)2-3-5(7)6(9)10/h4-5,8H,2-3,7H2,1H3,(H,9,10)/t4-,5+/m1/s1. The first-order valence-electron chi connectivity index (χ1n) is 3.20. The molecule has 0 rings (SSSR count). The molecule has 0 spiro atoms. The average molecular weight is 147 g/mol. The van der Waals surface area contributed by atoms with Crippen LogP contribution in [0.4, 0.5) is 0 Å². The van der Waals surface area contributed by atoms with Crippen molar-refractivity contribution in [3.8, 4) is 0 Å². The molecule has 0 aliphatic heterocycles. The number of carbonyl (C=O) groups is 1. The van der Waals surface area contributed by atoms with Crippen molar-refractivity contribution in [1.82, 2.24) is 0 Å². The molecule has 4 heteroatoms. The molecule has 4 nitrogen and oxygen atoms in total. The number of rotatable bonds is 4. The third kappa shape index (κ3) is 4.29. The van der Waals surface area contributed by atoms with Gasteiger partial charge in [0.25, 0.3) is 0 Å². The highest BCUT2D eigenvalue weighted by Crippen LogP contribution is 1.98. The maximum absolute atomic E-state index is 10.1. The smallest absolute Gasteiger partial charge is 0.320 e. The molecule has 0 radical (unpaired) electrons. The summed E-state index contributed by atoms with van der Waals surface area (Å²) in [6.07, 6.45) is 0.297. The Morgan fingerprint density at radius 2 is 2.10 bits per heavy atom. The zero-order chi connectivity index (χ0) is 8.15. The summed E-state index contributed by atoms with van der Waals surface area (Å²) in [5.74, 6) is -1.01. The number of aliphatic hydroxyl groups excluding tert-OH is 1. The minimum atomic E-state index is -1.01. The molecule has 0 aromatic carbocycles. The van der Waals surface area contributed by atoms with Crippen LogP contribution in [0, 0.1) is 0 Å². The van der Waals surface area contributed by atoms with Crippen LogP contribution >= 0.6 is 0 Å². The zero-order valence-electron chi connectivity index (χ0n) is 5.95. The van der Waals surface area contributed by atoms with Crippen LogP contribution in [-0.2, 0) is 4.79 Å². The van der Waals surface area contributed by atoms with Gasteiger partial charge >= 0.3 is 5.97 Å². The summed E-state index contributed by atoms with van der Waals surface area (Å²) < 4.78 is 0. The van der Waals surface area contributed by atoms with Crippen LogP contribution in [0.15, 0.2) is 0 Å². The molecule has 0 aliphatic rings. The van der Waals surface area contributed by atoms with Crippen LogP contribution in [-0.4, -0.2) is 28.3 Å². The molecule has 0 saturated carbocycles. The molecule has 60 valence electrons. The fourth-order valence-corrected chi connectivity index (χ4v) is 0.544. The van der Waals surface area contributed by atoms with Crippen LogP contribution < -0.4 is 5.73 Å². The lowest BCUT2D eigenvalue weighted by Crippen LogP contribution is -2.30. The Balaban J connectivity index is 3.40. The second-order valence-corrected chi connectivity index (χ2v) is 2.37. The highest BCUT2D eigenvalue weighted by molar-refractivity contribution is 5.72.